The molecule has 3 rings (SSSR count). The molecule has 0 aliphatic heterocycles. The maximum atomic E-state index is 5.94. The molecule has 0 unspecified atom stereocenters. The van der Waals surface area contributed by atoms with Crippen LogP contribution in [0.1, 0.15) is 11.4 Å². The molecule has 19 heavy (non-hydrogen) atoms. The Labute approximate surface area is 111 Å². The minimum absolute atomic E-state index is 0.531. The predicted molar refractivity (Wildman–Crippen MR) is 76.7 cm³/mol. The number of benzene rings is 1. The summed E-state index contributed by atoms with van der Waals surface area (Å²) in [5, 5.41) is 1.07. The van der Waals surface area contributed by atoms with Crippen molar-refractivity contribution in [2.45, 2.75) is 13.8 Å². The molecular weight excluding hydrogens is 236 g/mol. The zero-order chi connectivity index (χ0) is 13.4. The van der Waals surface area contributed by atoms with E-state index in [1.807, 2.05) is 44.2 Å². The molecule has 0 spiro atoms. The van der Waals surface area contributed by atoms with Crippen molar-refractivity contribution in [2.75, 3.05) is 5.73 Å². The number of pyridine rings is 1. The quantitative estimate of drug-likeness (QED) is 0.721. The van der Waals surface area contributed by atoms with Crippen molar-refractivity contribution >= 4 is 16.7 Å². The van der Waals surface area contributed by atoms with E-state index in [1.165, 1.54) is 0 Å². The maximum Gasteiger partial charge on any atom is 0.130 e. The highest BCUT2D eigenvalue weighted by Gasteiger charge is 2.11. The number of rotatable bonds is 1. The summed E-state index contributed by atoms with van der Waals surface area (Å²) >= 11 is 0. The Morgan fingerprint density at radius 2 is 1.84 bits per heavy atom. The van der Waals surface area contributed by atoms with Gasteiger partial charge in [0, 0.05) is 22.7 Å². The fourth-order valence-corrected chi connectivity index (χ4v) is 2.22. The molecule has 2 N–H and O–H groups in total. The first-order chi connectivity index (χ1) is 9.16. The Hall–Kier alpha value is -2.49. The van der Waals surface area contributed by atoms with Crippen LogP contribution >= 0.6 is 0 Å². The fourth-order valence-electron chi connectivity index (χ4n) is 2.22. The van der Waals surface area contributed by atoms with Gasteiger partial charge in [-0.1, -0.05) is 18.2 Å². The van der Waals surface area contributed by atoms with Crippen LogP contribution in [0.25, 0.3) is 22.2 Å². The van der Waals surface area contributed by atoms with Crippen LogP contribution in [-0.2, 0) is 0 Å². The smallest absolute Gasteiger partial charge is 0.130 e. The first-order valence-corrected chi connectivity index (χ1v) is 6.11. The summed E-state index contributed by atoms with van der Waals surface area (Å²) in [6.07, 6.45) is 1.79. The highest BCUT2D eigenvalue weighted by atomic mass is 14.9. The molecule has 0 atom stereocenters. The highest BCUT2D eigenvalue weighted by molar-refractivity contribution is 5.94. The van der Waals surface area contributed by atoms with Gasteiger partial charge >= 0.3 is 0 Å². The van der Waals surface area contributed by atoms with E-state index in [9.17, 15) is 0 Å². The molecule has 2 heterocycles. The Kier molecular flexibility index (Phi) is 2.63. The van der Waals surface area contributed by atoms with Crippen LogP contribution in [0.5, 0.6) is 0 Å². The predicted octanol–water partition coefficient (Wildman–Crippen LogP) is 2.89. The molecule has 0 amide bonds. The van der Waals surface area contributed by atoms with E-state index in [-0.39, 0.29) is 0 Å². The topological polar surface area (TPSA) is 64.7 Å². The molecule has 0 aliphatic rings. The zero-order valence-electron chi connectivity index (χ0n) is 10.9. The number of anilines is 1. The first kappa shape index (κ1) is 11.6. The van der Waals surface area contributed by atoms with Crippen LogP contribution in [0.2, 0.25) is 0 Å². The molecule has 1 aromatic carbocycles. The number of nitrogens with two attached hydrogens (primary N) is 1. The Bertz CT molecular complexity index is 760. The second-order valence-corrected chi connectivity index (χ2v) is 4.51. The standard InChI is InChI=1S/C15H14N4/c1-9-14(18-10(2)19-15(9)16)12-5-3-7-13-11(12)6-4-8-17-13/h3-8H,1-2H3,(H2,16,18,19). The fraction of sp³-hybridized carbons (Fsp3) is 0.133. The van der Waals surface area contributed by atoms with E-state index in [0.29, 0.717) is 11.6 Å². The van der Waals surface area contributed by atoms with Gasteiger partial charge in [0.05, 0.1) is 11.2 Å². The number of fused-ring (bicyclic) bond motifs is 1. The first-order valence-electron chi connectivity index (χ1n) is 6.11. The van der Waals surface area contributed by atoms with Crippen LogP contribution < -0.4 is 5.73 Å². The van der Waals surface area contributed by atoms with Gasteiger partial charge in [-0.2, -0.15) is 0 Å². The maximum absolute atomic E-state index is 5.94. The summed E-state index contributed by atoms with van der Waals surface area (Å²) in [5.41, 5.74) is 9.71. The summed E-state index contributed by atoms with van der Waals surface area (Å²) in [6, 6.07) is 9.99. The van der Waals surface area contributed by atoms with E-state index in [4.69, 9.17) is 5.73 Å². The third-order valence-electron chi connectivity index (χ3n) is 3.20. The summed E-state index contributed by atoms with van der Waals surface area (Å²) in [4.78, 5) is 13.1. The van der Waals surface area contributed by atoms with Crippen LogP contribution in [0.3, 0.4) is 0 Å². The van der Waals surface area contributed by atoms with Crippen LogP contribution in [0, 0.1) is 13.8 Å². The average molecular weight is 250 g/mol. The Balaban J connectivity index is 2.37. The van der Waals surface area contributed by atoms with Crippen LogP contribution in [0.15, 0.2) is 36.5 Å². The number of nitrogens with zero attached hydrogens (tertiary/aromatic N) is 3. The van der Waals surface area contributed by atoms with Crippen molar-refractivity contribution in [2.24, 2.45) is 0 Å². The Morgan fingerprint density at radius 3 is 2.68 bits per heavy atom. The van der Waals surface area contributed by atoms with Gasteiger partial charge in [0.15, 0.2) is 0 Å². The second kappa shape index (κ2) is 4.31. The van der Waals surface area contributed by atoms with Crippen molar-refractivity contribution in [3.63, 3.8) is 0 Å². The van der Waals surface area contributed by atoms with Crippen molar-refractivity contribution in [3.05, 3.63) is 47.9 Å². The monoisotopic (exact) mass is 250 g/mol. The van der Waals surface area contributed by atoms with Gasteiger partial charge in [-0.3, -0.25) is 4.98 Å². The number of aromatic nitrogens is 3. The van der Waals surface area contributed by atoms with Crippen molar-refractivity contribution in [3.8, 4) is 11.3 Å². The minimum atomic E-state index is 0.531. The normalized spacial score (nSPS) is 10.8. The van der Waals surface area contributed by atoms with Gasteiger partial charge in [-0.25, -0.2) is 9.97 Å². The molecule has 3 aromatic rings. The van der Waals surface area contributed by atoms with Crippen molar-refractivity contribution in [1.29, 1.82) is 0 Å². The number of aryl methyl sites for hydroxylation is 1. The van der Waals surface area contributed by atoms with E-state index < -0.39 is 0 Å². The lowest BCUT2D eigenvalue weighted by Gasteiger charge is -2.10. The number of hydrogen-bond donors (Lipinski definition) is 1. The number of nitrogen functional groups attached to an aromatic ring is 1. The third-order valence-corrected chi connectivity index (χ3v) is 3.20. The van der Waals surface area contributed by atoms with Crippen molar-refractivity contribution in [1.82, 2.24) is 15.0 Å². The summed E-state index contributed by atoms with van der Waals surface area (Å²) in [7, 11) is 0. The van der Waals surface area contributed by atoms with Crippen LogP contribution in [-0.4, -0.2) is 15.0 Å². The van der Waals surface area contributed by atoms with Gasteiger partial charge < -0.3 is 5.73 Å². The molecule has 0 fully saturated rings. The largest absolute Gasteiger partial charge is 0.383 e. The lowest BCUT2D eigenvalue weighted by Crippen LogP contribution is -2.02. The Morgan fingerprint density at radius 1 is 1.00 bits per heavy atom. The van der Waals surface area contributed by atoms with E-state index in [1.54, 1.807) is 6.20 Å². The molecule has 0 bridgehead atoms. The second-order valence-electron chi connectivity index (χ2n) is 4.51. The average Bonchev–Trinajstić information content (AvgIpc) is 2.42. The third kappa shape index (κ3) is 1.91. The number of hydrogen-bond acceptors (Lipinski definition) is 4. The molecule has 0 saturated heterocycles. The lowest BCUT2D eigenvalue weighted by atomic mass is 10.0. The van der Waals surface area contributed by atoms with Gasteiger partial charge in [0.1, 0.15) is 11.6 Å². The summed E-state index contributed by atoms with van der Waals surface area (Å²) in [5.74, 6) is 1.21. The molecule has 0 radical (unpaired) electrons. The van der Waals surface area contributed by atoms with Gasteiger partial charge in [-0.15, -0.1) is 0 Å². The molecule has 4 heteroatoms. The highest BCUT2D eigenvalue weighted by Crippen LogP contribution is 2.30. The minimum Gasteiger partial charge on any atom is -0.383 e. The SMILES string of the molecule is Cc1nc(N)c(C)c(-c2cccc3ncccc23)n1. The lowest BCUT2D eigenvalue weighted by molar-refractivity contribution is 1.05. The van der Waals surface area contributed by atoms with Crippen molar-refractivity contribution < 1.29 is 0 Å². The summed E-state index contributed by atoms with van der Waals surface area (Å²) in [6.45, 7) is 3.79. The van der Waals surface area contributed by atoms with Gasteiger partial charge in [0.2, 0.25) is 0 Å². The van der Waals surface area contributed by atoms with E-state index in [0.717, 1.165) is 27.7 Å². The molecule has 4 nitrogen and oxygen atoms in total. The van der Waals surface area contributed by atoms with Gasteiger partial charge in [0.25, 0.3) is 0 Å². The zero-order valence-corrected chi connectivity index (χ0v) is 10.9. The molecule has 0 saturated carbocycles. The van der Waals surface area contributed by atoms with E-state index >= 15 is 0 Å². The molecule has 2 aromatic heterocycles. The summed E-state index contributed by atoms with van der Waals surface area (Å²) < 4.78 is 0. The molecule has 0 aliphatic carbocycles. The van der Waals surface area contributed by atoms with Gasteiger partial charge in [-0.05, 0) is 26.0 Å². The molecule has 94 valence electrons. The van der Waals surface area contributed by atoms with E-state index in [2.05, 4.69) is 15.0 Å². The van der Waals surface area contributed by atoms with Crippen LogP contribution in [0.4, 0.5) is 5.82 Å². The molecular formula is C15H14N4.